The van der Waals surface area contributed by atoms with E-state index in [9.17, 15) is 9.59 Å². The van der Waals surface area contributed by atoms with Crippen LogP contribution < -0.4 is 5.32 Å². The molecule has 0 unspecified atom stereocenters. The fraction of sp³-hybridized carbons (Fsp3) is 0.667. The number of esters is 1. The SMILES string of the molecule is C=C(NC(=O)OC(C)(C)C)C(=O)OCC(C)C. The molecule has 0 bridgehead atoms. The molecule has 0 spiro atoms. The number of rotatable bonds is 4. The lowest BCUT2D eigenvalue weighted by Gasteiger charge is -2.20. The largest absolute Gasteiger partial charge is 0.461 e. The van der Waals surface area contributed by atoms with Gasteiger partial charge in [0.1, 0.15) is 11.3 Å². The van der Waals surface area contributed by atoms with E-state index in [1.807, 2.05) is 13.8 Å². The normalized spacial score (nSPS) is 10.9. The summed E-state index contributed by atoms with van der Waals surface area (Å²) in [4.78, 5) is 22.7. The molecule has 0 rings (SSSR count). The second kappa shape index (κ2) is 6.27. The van der Waals surface area contributed by atoms with Crippen LogP contribution in [0.3, 0.4) is 0 Å². The third kappa shape index (κ3) is 8.30. The number of hydrogen-bond donors (Lipinski definition) is 1. The number of carbonyl (C=O) groups excluding carboxylic acids is 2. The minimum absolute atomic E-state index is 0.125. The molecule has 1 N–H and O–H groups in total. The summed E-state index contributed by atoms with van der Waals surface area (Å²) in [5, 5.41) is 2.23. The van der Waals surface area contributed by atoms with Crippen LogP contribution in [0.5, 0.6) is 0 Å². The van der Waals surface area contributed by atoms with E-state index in [-0.39, 0.29) is 18.2 Å². The van der Waals surface area contributed by atoms with Crippen molar-refractivity contribution in [1.29, 1.82) is 0 Å². The van der Waals surface area contributed by atoms with Crippen LogP contribution in [0.25, 0.3) is 0 Å². The lowest BCUT2D eigenvalue weighted by Crippen LogP contribution is -2.34. The first-order valence-electron chi connectivity index (χ1n) is 5.48. The van der Waals surface area contributed by atoms with Gasteiger partial charge in [-0.05, 0) is 26.7 Å². The molecular formula is C12H21NO4. The van der Waals surface area contributed by atoms with Crippen molar-refractivity contribution in [1.82, 2.24) is 5.32 Å². The van der Waals surface area contributed by atoms with E-state index in [0.29, 0.717) is 0 Å². The molecule has 0 aliphatic rings. The summed E-state index contributed by atoms with van der Waals surface area (Å²) < 4.78 is 9.85. The minimum Gasteiger partial charge on any atom is -0.461 e. The van der Waals surface area contributed by atoms with Crippen LogP contribution in [0.15, 0.2) is 12.3 Å². The van der Waals surface area contributed by atoms with Gasteiger partial charge in [-0.15, -0.1) is 0 Å². The van der Waals surface area contributed by atoms with Crippen molar-refractivity contribution < 1.29 is 19.1 Å². The molecule has 5 nitrogen and oxygen atoms in total. The van der Waals surface area contributed by atoms with Gasteiger partial charge in [-0.1, -0.05) is 20.4 Å². The molecule has 5 heteroatoms. The Morgan fingerprint density at radius 3 is 2.24 bits per heavy atom. The molecule has 0 radical (unpaired) electrons. The molecule has 0 saturated heterocycles. The first-order valence-corrected chi connectivity index (χ1v) is 5.48. The Hall–Kier alpha value is -1.52. The number of ether oxygens (including phenoxy) is 2. The van der Waals surface area contributed by atoms with Gasteiger partial charge >= 0.3 is 12.1 Å². The van der Waals surface area contributed by atoms with Gasteiger partial charge in [0.25, 0.3) is 0 Å². The van der Waals surface area contributed by atoms with E-state index in [4.69, 9.17) is 9.47 Å². The summed E-state index contributed by atoms with van der Waals surface area (Å²) in [6.07, 6.45) is -0.719. The predicted octanol–water partition coefficient (Wildman–Crippen LogP) is 2.22. The molecule has 0 aromatic carbocycles. The van der Waals surface area contributed by atoms with E-state index < -0.39 is 17.7 Å². The summed E-state index contributed by atoms with van der Waals surface area (Å²) in [7, 11) is 0. The van der Waals surface area contributed by atoms with Crippen molar-refractivity contribution in [2.45, 2.75) is 40.2 Å². The maximum atomic E-state index is 11.4. The third-order valence-corrected chi connectivity index (χ3v) is 1.45. The van der Waals surface area contributed by atoms with Crippen LogP contribution in [-0.4, -0.2) is 24.3 Å². The van der Waals surface area contributed by atoms with Crippen molar-refractivity contribution in [3.63, 3.8) is 0 Å². The smallest absolute Gasteiger partial charge is 0.412 e. The van der Waals surface area contributed by atoms with Gasteiger partial charge in [0.05, 0.1) is 6.61 Å². The molecule has 0 aliphatic heterocycles. The molecule has 98 valence electrons. The molecule has 1 amide bonds. The summed E-state index contributed by atoms with van der Waals surface area (Å²) in [5.74, 6) is -0.419. The zero-order chi connectivity index (χ0) is 13.6. The second-order valence-corrected chi connectivity index (χ2v) is 5.10. The Balaban J connectivity index is 4.09. The number of alkyl carbamates (subject to hydrolysis) is 1. The Labute approximate surface area is 102 Å². The first-order chi connectivity index (χ1) is 7.61. The van der Waals surface area contributed by atoms with E-state index in [0.717, 1.165) is 0 Å². The zero-order valence-corrected chi connectivity index (χ0v) is 11.1. The molecule has 0 aliphatic carbocycles. The average molecular weight is 243 g/mol. The van der Waals surface area contributed by atoms with Gasteiger partial charge in [-0.25, -0.2) is 9.59 Å². The Morgan fingerprint density at radius 1 is 1.29 bits per heavy atom. The summed E-state index contributed by atoms with van der Waals surface area (Å²) in [6.45, 7) is 12.7. The van der Waals surface area contributed by atoms with Gasteiger partial charge in [0, 0.05) is 0 Å². The highest BCUT2D eigenvalue weighted by molar-refractivity contribution is 5.91. The van der Waals surface area contributed by atoms with Crippen molar-refractivity contribution in [2.24, 2.45) is 5.92 Å². The fourth-order valence-corrected chi connectivity index (χ4v) is 0.807. The maximum absolute atomic E-state index is 11.4. The Kier molecular flexibility index (Phi) is 5.71. The van der Waals surface area contributed by atoms with Gasteiger partial charge in [-0.2, -0.15) is 0 Å². The molecule has 0 aromatic heterocycles. The lowest BCUT2D eigenvalue weighted by atomic mass is 10.2. The summed E-state index contributed by atoms with van der Waals surface area (Å²) in [6, 6.07) is 0. The minimum atomic E-state index is -0.719. The molecule has 0 atom stereocenters. The molecule has 17 heavy (non-hydrogen) atoms. The maximum Gasteiger partial charge on any atom is 0.412 e. The van der Waals surface area contributed by atoms with Crippen LogP contribution >= 0.6 is 0 Å². The summed E-state index contributed by atoms with van der Waals surface area (Å²) >= 11 is 0. The first kappa shape index (κ1) is 15.5. The van der Waals surface area contributed by atoms with E-state index in [2.05, 4.69) is 11.9 Å². The van der Waals surface area contributed by atoms with Crippen LogP contribution in [0.4, 0.5) is 4.79 Å². The number of amides is 1. The van der Waals surface area contributed by atoms with Gasteiger partial charge in [-0.3, -0.25) is 5.32 Å². The molecule has 0 aromatic rings. The van der Waals surface area contributed by atoms with E-state index in [1.165, 1.54) is 0 Å². The fourth-order valence-electron chi connectivity index (χ4n) is 0.807. The number of nitrogens with one attached hydrogen (secondary N) is 1. The van der Waals surface area contributed by atoms with Gasteiger partial charge < -0.3 is 9.47 Å². The standard InChI is InChI=1S/C12H21NO4/c1-8(2)7-16-10(14)9(3)13-11(15)17-12(4,5)6/h8H,3,7H2,1-2,4-6H3,(H,13,15). The Bertz CT molecular complexity index is 302. The molecule has 0 saturated carbocycles. The van der Waals surface area contributed by atoms with Gasteiger partial charge in [0.2, 0.25) is 0 Å². The van der Waals surface area contributed by atoms with Crippen molar-refractivity contribution in [3.05, 3.63) is 12.3 Å². The highest BCUT2D eigenvalue weighted by Crippen LogP contribution is 2.07. The monoisotopic (exact) mass is 243 g/mol. The highest BCUT2D eigenvalue weighted by Gasteiger charge is 2.19. The second-order valence-electron chi connectivity index (χ2n) is 5.10. The van der Waals surface area contributed by atoms with E-state index >= 15 is 0 Å². The van der Waals surface area contributed by atoms with Crippen molar-refractivity contribution in [2.75, 3.05) is 6.61 Å². The quantitative estimate of drug-likeness (QED) is 0.607. The number of carbonyl (C=O) groups is 2. The third-order valence-electron chi connectivity index (χ3n) is 1.45. The van der Waals surface area contributed by atoms with Crippen molar-refractivity contribution in [3.8, 4) is 0 Å². The average Bonchev–Trinajstić information content (AvgIpc) is 2.10. The van der Waals surface area contributed by atoms with Crippen LogP contribution in [0, 0.1) is 5.92 Å². The van der Waals surface area contributed by atoms with Crippen LogP contribution in [0.2, 0.25) is 0 Å². The molecular weight excluding hydrogens is 222 g/mol. The summed E-state index contributed by atoms with van der Waals surface area (Å²) in [5.41, 5.74) is -0.744. The number of hydrogen-bond acceptors (Lipinski definition) is 4. The van der Waals surface area contributed by atoms with Crippen LogP contribution in [0.1, 0.15) is 34.6 Å². The van der Waals surface area contributed by atoms with Crippen molar-refractivity contribution >= 4 is 12.1 Å². The topological polar surface area (TPSA) is 64.6 Å². The lowest BCUT2D eigenvalue weighted by molar-refractivity contribution is -0.140. The predicted molar refractivity (Wildman–Crippen MR) is 64.3 cm³/mol. The highest BCUT2D eigenvalue weighted by atomic mass is 16.6. The van der Waals surface area contributed by atoms with Crippen LogP contribution in [-0.2, 0) is 14.3 Å². The molecule has 0 fully saturated rings. The zero-order valence-electron chi connectivity index (χ0n) is 11.1. The van der Waals surface area contributed by atoms with Gasteiger partial charge in [0.15, 0.2) is 0 Å². The Morgan fingerprint density at radius 2 is 1.82 bits per heavy atom. The van der Waals surface area contributed by atoms with E-state index in [1.54, 1.807) is 20.8 Å². The molecule has 0 heterocycles.